The van der Waals surface area contributed by atoms with Gasteiger partial charge in [0.15, 0.2) is 0 Å². The van der Waals surface area contributed by atoms with Crippen molar-refractivity contribution in [2.45, 2.75) is 32.6 Å². The molecule has 2 aromatic rings. The Kier molecular flexibility index (Phi) is 3.52. The third-order valence-electron chi connectivity index (χ3n) is 5.93. The van der Waals surface area contributed by atoms with E-state index in [0.717, 1.165) is 23.2 Å². The highest BCUT2D eigenvalue weighted by molar-refractivity contribution is 6.35. The van der Waals surface area contributed by atoms with Crippen LogP contribution in [0.3, 0.4) is 0 Å². The fraction of sp³-hybridized carbons (Fsp3) is 0.421. The van der Waals surface area contributed by atoms with E-state index in [4.69, 9.17) is 27.9 Å². The van der Waals surface area contributed by atoms with Gasteiger partial charge in [0.1, 0.15) is 5.69 Å². The van der Waals surface area contributed by atoms with Crippen LogP contribution >= 0.6 is 23.2 Å². The highest BCUT2D eigenvalue weighted by Crippen LogP contribution is 2.64. The number of ether oxygens (including phenoxy) is 1. The van der Waals surface area contributed by atoms with Gasteiger partial charge in [0.2, 0.25) is 0 Å². The van der Waals surface area contributed by atoms with Gasteiger partial charge in [0.05, 0.1) is 7.11 Å². The Balaban J connectivity index is 1.98. The molecule has 3 nitrogen and oxygen atoms in total. The summed E-state index contributed by atoms with van der Waals surface area (Å²) in [6.07, 6.45) is 2.14. The Morgan fingerprint density at radius 3 is 2.50 bits per heavy atom. The molecule has 0 amide bonds. The fourth-order valence-electron chi connectivity index (χ4n) is 4.46. The van der Waals surface area contributed by atoms with Crippen LogP contribution in [0.1, 0.15) is 47.9 Å². The number of rotatable bonds is 2. The molecule has 1 aromatic heterocycles. The van der Waals surface area contributed by atoms with E-state index in [9.17, 15) is 4.79 Å². The molecule has 0 radical (unpaired) electrons. The van der Waals surface area contributed by atoms with Crippen LogP contribution in [-0.4, -0.2) is 18.1 Å². The van der Waals surface area contributed by atoms with Crippen molar-refractivity contribution in [3.05, 3.63) is 45.2 Å². The lowest BCUT2D eigenvalue weighted by molar-refractivity contribution is 0.0182. The summed E-state index contributed by atoms with van der Waals surface area (Å²) in [6, 6.07) is 5.43. The second-order valence-electron chi connectivity index (χ2n) is 7.43. The van der Waals surface area contributed by atoms with Crippen molar-refractivity contribution in [2.24, 2.45) is 11.3 Å². The lowest BCUT2D eigenvalue weighted by Gasteiger charge is -2.56. The average Bonchev–Trinajstić information content (AvgIpc) is 2.92. The van der Waals surface area contributed by atoms with Crippen LogP contribution in [0.15, 0.2) is 18.2 Å². The molecule has 0 saturated heterocycles. The maximum Gasteiger partial charge on any atom is 0.355 e. The minimum Gasteiger partial charge on any atom is -0.464 e. The number of carbonyl (C=O) groups is 1. The molecule has 5 heteroatoms. The molecule has 3 aliphatic carbocycles. The van der Waals surface area contributed by atoms with E-state index < -0.39 is 0 Å². The molecule has 1 fully saturated rings. The predicted octanol–water partition coefficient (Wildman–Crippen LogP) is 5.46. The molecule has 3 aliphatic rings. The standard InChI is InChI=1S/C19H19Cl2NO2/c1-19(2)10-6-13(19)16-14(7-10)22-17(18(23)24-3)15(16)9-4-11(20)8-12(21)5-9/h4-5,8,10,13,22H,6-7H2,1-3H3. The summed E-state index contributed by atoms with van der Waals surface area (Å²) in [6.45, 7) is 4.63. The highest BCUT2D eigenvalue weighted by Gasteiger charge is 2.54. The summed E-state index contributed by atoms with van der Waals surface area (Å²) in [4.78, 5) is 15.7. The molecule has 0 spiro atoms. The zero-order valence-corrected chi connectivity index (χ0v) is 15.4. The smallest absolute Gasteiger partial charge is 0.355 e. The number of aromatic amines is 1. The molecule has 2 bridgehead atoms. The SMILES string of the molecule is COC(=O)c1[nH]c2c(c1-c1cc(Cl)cc(Cl)c1)C1CC(C2)C1(C)C. The number of hydrogen-bond acceptors (Lipinski definition) is 2. The Morgan fingerprint density at radius 2 is 1.92 bits per heavy atom. The average molecular weight is 364 g/mol. The molecule has 0 aliphatic heterocycles. The normalized spacial score (nSPS) is 23.4. The number of methoxy groups -OCH3 is 1. The van der Waals surface area contributed by atoms with Crippen LogP contribution in [0.4, 0.5) is 0 Å². The number of halogens is 2. The summed E-state index contributed by atoms with van der Waals surface area (Å²) < 4.78 is 5.00. The van der Waals surface area contributed by atoms with Crippen LogP contribution in [0, 0.1) is 11.3 Å². The molecule has 5 rings (SSSR count). The zero-order chi connectivity index (χ0) is 17.2. The Morgan fingerprint density at radius 1 is 1.25 bits per heavy atom. The van der Waals surface area contributed by atoms with Gasteiger partial charge in [0.25, 0.3) is 0 Å². The summed E-state index contributed by atoms with van der Waals surface area (Å²) in [7, 11) is 1.40. The predicted molar refractivity (Wildman–Crippen MR) is 95.9 cm³/mol. The van der Waals surface area contributed by atoms with E-state index in [1.165, 1.54) is 19.1 Å². The molecule has 1 N–H and O–H groups in total. The van der Waals surface area contributed by atoms with Gasteiger partial charge in [-0.3, -0.25) is 0 Å². The second-order valence-corrected chi connectivity index (χ2v) is 8.30. The summed E-state index contributed by atoms with van der Waals surface area (Å²) in [5.74, 6) is 0.745. The zero-order valence-electron chi connectivity index (χ0n) is 13.9. The van der Waals surface area contributed by atoms with Crippen LogP contribution < -0.4 is 0 Å². The van der Waals surface area contributed by atoms with Crippen molar-refractivity contribution in [1.29, 1.82) is 0 Å². The first-order valence-electron chi connectivity index (χ1n) is 8.12. The number of carbonyl (C=O) groups excluding carboxylic acids is 1. The Labute approximate surface area is 151 Å². The van der Waals surface area contributed by atoms with Gasteiger partial charge < -0.3 is 9.72 Å². The van der Waals surface area contributed by atoms with Gasteiger partial charge in [-0.2, -0.15) is 0 Å². The number of hydrogen-bond donors (Lipinski definition) is 1. The van der Waals surface area contributed by atoms with Gasteiger partial charge in [-0.1, -0.05) is 37.0 Å². The minimum atomic E-state index is -0.356. The van der Waals surface area contributed by atoms with Gasteiger partial charge in [-0.05, 0) is 59.4 Å². The van der Waals surface area contributed by atoms with E-state index in [0.29, 0.717) is 27.6 Å². The maximum absolute atomic E-state index is 12.4. The molecule has 1 saturated carbocycles. The van der Waals surface area contributed by atoms with Crippen molar-refractivity contribution in [2.75, 3.05) is 7.11 Å². The second kappa shape index (κ2) is 5.27. The van der Waals surface area contributed by atoms with Gasteiger partial charge in [-0.15, -0.1) is 0 Å². The number of benzene rings is 1. The molecular weight excluding hydrogens is 345 g/mol. The first kappa shape index (κ1) is 16.0. The van der Waals surface area contributed by atoms with Crippen LogP contribution in [0.2, 0.25) is 10.0 Å². The summed E-state index contributed by atoms with van der Waals surface area (Å²) >= 11 is 12.4. The number of aromatic nitrogens is 1. The van der Waals surface area contributed by atoms with E-state index in [1.54, 1.807) is 6.07 Å². The van der Waals surface area contributed by atoms with E-state index in [2.05, 4.69) is 18.8 Å². The van der Waals surface area contributed by atoms with Gasteiger partial charge in [0, 0.05) is 21.3 Å². The molecule has 1 aromatic carbocycles. The quantitative estimate of drug-likeness (QED) is 0.719. The summed E-state index contributed by atoms with van der Waals surface area (Å²) in [5, 5.41) is 1.12. The number of H-pyrrole nitrogens is 1. The molecular formula is C19H19Cl2NO2. The summed E-state index contributed by atoms with van der Waals surface area (Å²) in [5.41, 5.74) is 4.91. The van der Waals surface area contributed by atoms with Gasteiger partial charge in [-0.25, -0.2) is 4.79 Å². The topological polar surface area (TPSA) is 42.1 Å². The largest absolute Gasteiger partial charge is 0.464 e. The number of esters is 1. The van der Waals surface area contributed by atoms with Crippen molar-refractivity contribution in [1.82, 2.24) is 4.98 Å². The lowest BCUT2D eigenvalue weighted by Crippen LogP contribution is -2.48. The molecule has 126 valence electrons. The molecule has 2 unspecified atom stereocenters. The van der Waals surface area contributed by atoms with Gasteiger partial charge >= 0.3 is 5.97 Å². The van der Waals surface area contributed by atoms with Crippen molar-refractivity contribution >= 4 is 29.2 Å². The highest BCUT2D eigenvalue weighted by atomic mass is 35.5. The monoisotopic (exact) mass is 363 g/mol. The Hall–Kier alpha value is -1.45. The molecule has 2 atom stereocenters. The fourth-order valence-corrected chi connectivity index (χ4v) is 4.99. The van der Waals surface area contributed by atoms with E-state index in [1.807, 2.05) is 12.1 Å². The van der Waals surface area contributed by atoms with E-state index >= 15 is 0 Å². The third-order valence-corrected chi connectivity index (χ3v) is 6.37. The third kappa shape index (κ3) is 2.14. The van der Waals surface area contributed by atoms with Crippen molar-refractivity contribution < 1.29 is 9.53 Å². The van der Waals surface area contributed by atoms with E-state index in [-0.39, 0.29) is 11.4 Å². The first-order valence-corrected chi connectivity index (χ1v) is 8.88. The van der Waals surface area contributed by atoms with Crippen molar-refractivity contribution in [3.8, 4) is 11.1 Å². The molecule has 1 heterocycles. The Bertz CT molecular complexity index is 833. The minimum absolute atomic E-state index is 0.250. The van der Waals surface area contributed by atoms with Crippen LogP contribution in [0.25, 0.3) is 11.1 Å². The molecule has 24 heavy (non-hydrogen) atoms. The van der Waals surface area contributed by atoms with Crippen molar-refractivity contribution in [3.63, 3.8) is 0 Å². The number of nitrogens with one attached hydrogen (secondary N) is 1. The maximum atomic E-state index is 12.4. The lowest BCUT2D eigenvalue weighted by atomic mass is 9.48. The van der Waals surface area contributed by atoms with Crippen LogP contribution in [-0.2, 0) is 11.2 Å². The first-order chi connectivity index (χ1) is 11.3. The van der Waals surface area contributed by atoms with Crippen LogP contribution in [0.5, 0.6) is 0 Å².